The number of primary sulfonamides is 1. The lowest BCUT2D eigenvalue weighted by molar-refractivity contribution is 0.240. The number of carbonyl (C=O) groups is 1. The Balaban J connectivity index is 1.98. The van der Waals surface area contributed by atoms with Gasteiger partial charge in [0.2, 0.25) is 10.0 Å². The van der Waals surface area contributed by atoms with Crippen LogP contribution in [-0.2, 0) is 16.6 Å². The monoisotopic (exact) mass is 283 g/mol. The van der Waals surface area contributed by atoms with Gasteiger partial charge in [-0.25, -0.2) is 18.4 Å². The summed E-state index contributed by atoms with van der Waals surface area (Å²) in [7, 11) is -3.68. The van der Waals surface area contributed by atoms with E-state index in [9.17, 15) is 13.2 Å². The third-order valence-electron chi connectivity index (χ3n) is 2.99. The van der Waals surface area contributed by atoms with Crippen LogP contribution in [0.1, 0.15) is 24.0 Å². The number of aryl methyl sites for hydroxylation is 1. The molecule has 0 bridgehead atoms. The van der Waals surface area contributed by atoms with Crippen LogP contribution in [0.2, 0.25) is 0 Å². The molecule has 0 aliphatic heterocycles. The van der Waals surface area contributed by atoms with Crippen LogP contribution in [0.3, 0.4) is 0 Å². The highest BCUT2D eigenvalue weighted by molar-refractivity contribution is 7.89. The van der Waals surface area contributed by atoms with E-state index in [2.05, 4.69) is 10.6 Å². The molecule has 104 valence electrons. The van der Waals surface area contributed by atoms with Crippen LogP contribution >= 0.6 is 0 Å². The lowest BCUT2D eigenvalue weighted by Gasteiger charge is -2.10. The maximum atomic E-state index is 11.5. The number of hydrogen-bond acceptors (Lipinski definition) is 3. The topological polar surface area (TPSA) is 101 Å². The van der Waals surface area contributed by atoms with Crippen molar-refractivity contribution in [3.63, 3.8) is 0 Å². The van der Waals surface area contributed by atoms with Crippen LogP contribution in [0.15, 0.2) is 23.1 Å². The number of carbonyl (C=O) groups excluding carboxylic acids is 1. The van der Waals surface area contributed by atoms with E-state index in [0.29, 0.717) is 12.6 Å². The maximum Gasteiger partial charge on any atom is 0.315 e. The molecule has 2 amide bonds. The third kappa shape index (κ3) is 3.93. The van der Waals surface area contributed by atoms with E-state index in [1.54, 1.807) is 13.0 Å². The minimum Gasteiger partial charge on any atom is -0.335 e. The summed E-state index contributed by atoms with van der Waals surface area (Å²) in [5, 5.41) is 10.6. The largest absolute Gasteiger partial charge is 0.335 e. The Bertz CT molecular complexity index is 594. The van der Waals surface area contributed by atoms with Gasteiger partial charge in [-0.05, 0) is 43.0 Å². The van der Waals surface area contributed by atoms with Gasteiger partial charge in [-0.3, -0.25) is 0 Å². The van der Waals surface area contributed by atoms with E-state index in [-0.39, 0.29) is 10.9 Å². The van der Waals surface area contributed by atoms with E-state index in [1.165, 1.54) is 12.1 Å². The normalized spacial score (nSPS) is 15.1. The summed E-state index contributed by atoms with van der Waals surface area (Å²) in [4.78, 5) is 11.5. The first kappa shape index (κ1) is 13.8. The molecule has 1 aliphatic carbocycles. The molecule has 6 nitrogen and oxygen atoms in total. The first-order valence-corrected chi connectivity index (χ1v) is 7.57. The fourth-order valence-corrected chi connectivity index (χ4v) is 2.28. The summed E-state index contributed by atoms with van der Waals surface area (Å²) in [6.07, 6.45) is 2.07. The summed E-state index contributed by atoms with van der Waals surface area (Å²) in [6, 6.07) is 4.72. The molecule has 0 spiro atoms. The molecular weight excluding hydrogens is 266 g/mol. The summed E-state index contributed by atoms with van der Waals surface area (Å²) < 4.78 is 22.4. The summed E-state index contributed by atoms with van der Waals surface area (Å²) in [5.74, 6) is 0. The number of sulfonamides is 1. The Hall–Kier alpha value is -1.60. The molecule has 1 aromatic carbocycles. The number of benzene rings is 1. The highest BCUT2D eigenvalue weighted by atomic mass is 32.2. The van der Waals surface area contributed by atoms with Gasteiger partial charge in [-0.2, -0.15) is 0 Å². The second-order valence-electron chi connectivity index (χ2n) is 4.73. The fourth-order valence-electron chi connectivity index (χ4n) is 1.68. The Morgan fingerprint density at radius 2 is 2.11 bits per heavy atom. The predicted octanol–water partition coefficient (Wildman–Crippen LogP) is 0.604. The van der Waals surface area contributed by atoms with Crippen LogP contribution < -0.4 is 15.8 Å². The zero-order valence-corrected chi connectivity index (χ0v) is 11.5. The molecule has 0 radical (unpaired) electrons. The minimum atomic E-state index is -3.68. The lowest BCUT2D eigenvalue weighted by atomic mass is 10.1. The van der Waals surface area contributed by atoms with Gasteiger partial charge < -0.3 is 10.6 Å². The van der Waals surface area contributed by atoms with Gasteiger partial charge in [0.05, 0.1) is 4.90 Å². The minimum absolute atomic E-state index is 0.0798. The standard InChI is InChI=1S/C12H17N3O3S/c1-8-6-11(19(13,17)18)5-2-9(8)7-14-12(16)15-10-3-4-10/h2,5-6,10H,3-4,7H2,1H3,(H2,13,17,18)(H2,14,15,16). The lowest BCUT2D eigenvalue weighted by Crippen LogP contribution is -2.36. The summed E-state index contributed by atoms with van der Waals surface area (Å²) in [6.45, 7) is 2.14. The van der Waals surface area contributed by atoms with Crippen molar-refractivity contribution in [2.75, 3.05) is 0 Å². The number of nitrogens with two attached hydrogens (primary N) is 1. The highest BCUT2D eigenvalue weighted by Gasteiger charge is 2.22. The van der Waals surface area contributed by atoms with Crippen molar-refractivity contribution in [3.8, 4) is 0 Å². The van der Waals surface area contributed by atoms with Crippen molar-refractivity contribution in [1.29, 1.82) is 0 Å². The van der Waals surface area contributed by atoms with E-state index >= 15 is 0 Å². The highest BCUT2D eigenvalue weighted by Crippen LogP contribution is 2.18. The molecule has 4 N–H and O–H groups in total. The summed E-state index contributed by atoms with van der Waals surface area (Å²) >= 11 is 0. The maximum absolute atomic E-state index is 11.5. The molecule has 1 saturated carbocycles. The van der Waals surface area contributed by atoms with Gasteiger partial charge in [0, 0.05) is 12.6 Å². The molecule has 1 fully saturated rings. The Labute approximate surface area is 112 Å². The number of nitrogens with one attached hydrogen (secondary N) is 2. The first-order valence-electron chi connectivity index (χ1n) is 6.03. The Kier molecular flexibility index (Phi) is 3.77. The first-order chi connectivity index (χ1) is 8.86. The van der Waals surface area contributed by atoms with Crippen molar-refractivity contribution in [3.05, 3.63) is 29.3 Å². The van der Waals surface area contributed by atoms with Gasteiger partial charge >= 0.3 is 6.03 Å². The number of amides is 2. The molecule has 2 rings (SSSR count). The molecule has 0 heterocycles. The molecule has 0 unspecified atom stereocenters. The van der Waals surface area contributed by atoms with Crippen molar-refractivity contribution >= 4 is 16.1 Å². The van der Waals surface area contributed by atoms with Gasteiger partial charge in [-0.1, -0.05) is 6.07 Å². The Morgan fingerprint density at radius 3 is 2.63 bits per heavy atom. The second kappa shape index (κ2) is 5.18. The molecule has 1 aliphatic rings. The fraction of sp³-hybridized carbons (Fsp3) is 0.417. The van der Waals surface area contributed by atoms with E-state index in [1.807, 2.05) is 0 Å². The molecular formula is C12H17N3O3S. The quantitative estimate of drug-likeness (QED) is 0.754. The zero-order chi connectivity index (χ0) is 14.0. The smallest absolute Gasteiger partial charge is 0.315 e. The van der Waals surface area contributed by atoms with Crippen LogP contribution in [0.25, 0.3) is 0 Å². The number of urea groups is 1. The SMILES string of the molecule is Cc1cc(S(N)(=O)=O)ccc1CNC(=O)NC1CC1. The van der Waals surface area contributed by atoms with Crippen molar-refractivity contribution in [1.82, 2.24) is 10.6 Å². The molecule has 1 aromatic rings. The van der Waals surface area contributed by atoms with E-state index in [4.69, 9.17) is 5.14 Å². The second-order valence-corrected chi connectivity index (χ2v) is 6.30. The van der Waals surface area contributed by atoms with E-state index < -0.39 is 10.0 Å². The van der Waals surface area contributed by atoms with E-state index in [0.717, 1.165) is 24.0 Å². The van der Waals surface area contributed by atoms with Crippen molar-refractivity contribution < 1.29 is 13.2 Å². The van der Waals surface area contributed by atoms with Gasteiger partial charge in [0.25, 0.3) is 0 Å². The molecule has 0 saturated heterocycles. The molecule has 0 atom stereocenters. The molecule has 19 heavy (non-hydrogen) atoms. The zero-order valence-electron chi connectivity index (χ0n) is 10.6. The Morgan fingerprint density at radius 1 is 1.42 bits per heavy atom. The van der Waals surface area contributed by atoms with Gasteiger partial charge in [0.15, 0.2) is 0 Å². The van der Waals surface area contributed by atoms with Gasteiger partial charge in [-0.15, -0.1) is 0 Å². The van der Waals surface area contributed by atoms with Crippen molar-refractivity contribution in [2.45, 2.75) is 37.2 Å². The number of rotatable bonds is 4. The van der Waals surface area contributed by atoms with Crippen LogP contribution in [0, 0.1) is 6.92 Å². The van der Waals surface area contributed by atoms with Crippen molar-refractivity contribution in [2.24, 2.45) is 5.14 Å². The van der Waals surface area contributed by atoms with Crippen LogP contribution in [0.5, 0.6) is 0 Å². The predicted molar refractivity (Wildman–Crippen MR) is 70.9 cm³/mol. The third-order valence-corrected chi connectivity index (χ3v) is 3.91. The molecule has 7 heteroatoms. The van der Waals surface area contributed by atoms with Gasteiger partial charge in [0.1, 0.15) is 0 Å². The average Bonchev–Trinajstić information content (AvgIpc) is 3.10. The summed E-state index contributed by atoms with van der Waals surface area (Å²) in [5.41, 5.74) is 1.64. The van der Waals surface area contributed by atoms with Crippen LogP contribution in [-0.4, -0.2) is 20.5 Å². The molecule has 0 aromatic heterocycles. The number of hydrogen-bond donors (Lipinski definition) is 3. The average molecular weight is 283 g/mol. The van der Waals surface area contributed by atoms with Crippen LogP contribution in [0.4, 0.5) is 4.79 Å².